The molecule has 2 radical (unpaired) electrons. The van der Waals surface area contributed by atoms with Gasteiger partial charge in [-0.2, -0.15) is 0 Å². The number of hydrogen-bond donors (Lipinski definition) is 0. The zero-order chi connectivity index (χ0) is 3.58. The predicted octanol–water partition coefficient (Wildman–Crippen LogP) is 0.187. The van der Waals surface area contributed by atoms with Gasteiger partial charge in [-0.05, 0) is 0 Å². The van der Waals surface area contributed by atoms with Crippen molar-refractivity contribution >= 4 is 36.1 Å². The number of rotatable bonds is 0. The minimum absolute atomic E-state index is 0. The zero-order valence-corrected chi connectivity index (χ0v) is 10.9. The second kappa shape index (κ2) is 5.14. The van der Waals surface area contributed by atoms with Gasteiger partial charge < -0.3 is 0 Å². The van der Waals surface area contributed by atoms with E-state index in [2.05, 4.69) is 19.6 Å². The predicted molar refractivity (Wildman–Crippen MR) is 33.3 cm³/mol. The van der Waals surface area contributed by atoms with E-state index in [1.54, 1.807) is 0 Å². The quantitative estimate of drug-likeness (QED) is 0.557. The minimum atomic E-state index is -0.139. The van der Waals surface area contributed by atoms with Crippen LogP contribution in [0.4, 0.5) is 0 Å². The molecular formula is C3H12PbSi. The third-order valence-electron chi connectivity index (χ3n) is 0. The van der Waals surface area contributed by atoms with Gasteiger partial charge in [0, 0.05) is 8.80 Å². The fourth-order valence-corrected chi connectivity index (χ4v) is 0. The van der Waals surface area contributed by atoms with Crippen LogP contribution in [0.3, 0.4) is 0 Å². The van der Waals surface area contributed by atoms with Gasteiger partial charge in [-0.25, -0.2) is 0 Å². The van der Waals surface area contributed by atoms with Gasteiger partial charge in [0.05, 0.1) is 0 Å². The Bertz CT molecular complexity index is 11.6. The summed E-state index contributed by atoms with van der Waals surface area (Å²) in [6.45, 7) is 6.92. The van der Waals surface area contributed by atoms with E-state index in [1.165, 1.54) is 0 Å². The van der Waals surface area contributed by atoms with Crippen LogP contribution in [0.15, 0.2) is 0 Å². The van der Waals surface area contributed by atoms with E-state index < -0.39 is 0 Å². The van der Waals surface area contributed by atoms with Crippen molar-refractivity contribution in [3.63, 3.8) is 0 Å². The van der Waals surface area contributed by atoms with E-state index in [4.69, 9.17) is 0 Å². The third-order valence-corrected chi connectivity index (χ3v) is 0. The summed E-state index contributed by atoms with van der Waals surface area (Å²) in [4.78, 5) is 0. The molecular weight excluding hydrogens is 271 g/mol. The summed E-state index contributed by atoms with van der Waals surface area (Å²) in [6.07, 6.45) is 0. The van der Waals surface area contributed by atoms with Gasteiger partial charge in [0.15, 0.2) is 0 Å². The molecule has 5 heavy (non-hydrogen) atoms. The van der Waals surface area contributed by atoms with Gasteiger partial charge in [-0.15, -0.1) is 0 Å². The Morgan fingerprint density at radius 1 is 1.00 bits per heavy atom. The normalized spacial score (nSPS) is 7.20. The molecule has 0 aromatic rings. The van der Waals surface area contributed by atoms with Crippen molar-refractivity contribution in [2.45, 2.75) is 19.6 Å². The second-order valence-electron chi connectivity index (χ2n) is 1.73. The Labute approximate surface area is 55.7 Å². The summed E-state index contributed by atoms with van der Waals surface area (Å²) in [5.74, 6) is 0. The molecule has 0 saturated heterocycles. The zero-order valence-electron chi connectivity index (χ0n) is 4.28. The van der Waals surface area contributed by atoms with Crippen molar-refractivity contribution in [3.05, 3.63) is 0 Å². The van der Waals surface area contributed by atoms with Crippen LogP contribution in [0.2, 0.25) is 19.6 Å². The van der Waals surface area contributed by atoms with Crippen LogP contribution in [-0.4, -0.2) is 36.1 Å². The van der Waals surface area contributed by atoms with Crippen molar-refractivity contribution in [1.29, 1.82) is 0 Å². The van der Waals surface area contributed by atoms with Gasteiger partial charge in [0.2, 0.25) is 0 Å². The van der Waals surface area contributed by atoms with Crippen molar-refractivity contribution in [2.75, 3.05) is 0 Å². The summed E-state index contributed by atoms with van der Waals surface area (Å²) in [7, 11) is -0.139. The fraction of sp³-hybridized carbons (Fsp3) is 1.00. The van der Waals surface area contributed by atoms with E-state index in [0.717, 1.165) is 0 Å². The van der Waals surface area contributed by atoms with E-state index in [0.29, 0.717) is 0 Å². The maximum absolute atomic E-state index is 2.31. The van der Waals surface area contributed by atoms with Crippen LogP contribution in [0, 0.1) is 0 Å². The first kappa shape index (κ1) is 9.46. The summed E-state index contributed by atoms with van der Waals surface area (Å²) in [5.41, 5.74) is 0. The van der Waals surface area contributed by atoms with Crippen LogP contribution >= 0.6 is 0 Å². The summed E-state index contributed by atoms with van der Waals surface area (Å²) >= 11 is 0. The van der Waals surface area contributed by atoms with Gasteiger partial charge in [0.1, 0.15) is 0 Å². The first-order valence-electron chi connectivity index (χ1n) is 1.73. The molecule has 0 bridgehead atoms. The Balaban J connectivity index is 0. The molecule has 0 unspecified atom stereocenters. The molecule has 0 fully saturated rings. The van der Waals surface area contributed by atoms with E-state index in [1.807, 2.05) is 0 Å². The molecule has 2 heteroatoms. The Kier molecular flexibility index (Phi) is 9.73. The van der Waals surface area contributed by atoms with Crippen LogP contribution < -0.4 is 0 Å². The van der Waals surface area contributed by atoms with Gasteiger partial charge >= 0.3 is 27.3 Å². The van der Waals surface area contributed by atoms with Gasteiger partial charge in [0.25, 0.3) is 0 Å². The topological polar surface area (TPSA) is 0 Å². The fourth-order valence-electron chi connectivity index (χ4n) is 0. The maximum atomic E-state index is 2.31. The monoisotopic (exact) mass is 284 g/mol. The Morgan fingerprint density at radius 3 is 1.00 bits per heavy atom. The molecule has 0 amide bonds. The van der Waals surface area contributed by atoms with Crippen molar-refractivity contribution in [2.24, 2.45) is 0 Å². The average molecular weight is 283 g/mol. The SMILES string of the molecule is C[SiH](C)C.[PbH2]. The van der Waals surface area contributed by atoms with Crippen LogP contribution in [0.25, 0.3) is 0 Å². The van der Waals surface area contributed by atoms with Crippen molar-refractivity contribution in [3.8, 4) is 0 Å². The molecule has 0 saturated carbocycles. The van der Waals surface area contributed by atoms with E-state index in [-0.39, 0.29) is 36.1 Å². The molecule has 0 aromatic heterocycles. The van der Waals surface area contributed by atoms with Crippen LogP contribution in [0.5, 0.6) is 0 Å². The molecule has 0 rings (SSSR count). The summed E-state index contributed by atoms with van der Waals surface area (Å²) in [6, 6.07) is 0. The molecule has 0 aromatic carbocycles. The molecule has 0 aliphatic rings. The van der Waals surface area contributed by atoms with Gasteiger partial charge in [-0.3, -0.25) is 0 Å². The molecule has 32 valence electrons. The Morgan fingerprint density at radius 2 is 1.00 bits per heavy atom. The first-order chi connectivity index (χ1) is 1.73. The molecule has 0 heterocycles. The van der Waals surface area contributed by atoms with Crippen molar-refractivity contribution < 1.29 is 0 Å². The van der Waals surface area contributed by atoms with E-state index >= 15 is 0 Å². The third kappa shape index (κ3) is 39.0. The summed E-state index contributed by atoms with van der Waals surface area (Å²) in [5, 5.41) is 0. The first-order valence-corrected chi connectivity index (χ1v) is 5.20. The van der Waals surface area contributed by atoms with Crippen LogP contribution in [0.1, 0.15) is 0 Å². The standard InChI is InChI=1S/C3H10Si.Pb.2H/c1-4(2)3;;;/h4H,1-3H3;;;. The molecule has 0 nitrogen and oxygen atoms in total. The van der Waals surface area contributed by atoms with E-state index in [9.17, 15) is 0 Å². The molecule has 0 atom stereocenters. The van der Waals surface area contributed by atoms with Crippen molar-refractivity contribution in [1.82, 2.24) is 0 Å². The van der Waals surface area contributed by atoms with Crippen LogP contribution in [-0.2, 0) is 0 Å². The van der Waals surface area contributed by atoms with Gasteiger partial charge in [-0.1, -0.05) is 19.6 Å². The molecule has 0 aliphatic heterocycles. The number of hydrogen-bond acceptors (Lipinski definition) is 0. The molecule has 0 aliphatic carbocycles. The molecule has 0 N–H and O–H groups in total. The second-order valence-corrected chi connectivity index (χ2v) is 5.20. The average Bonchev–Trinajstić information content (AvgIpc) is 0.811. The summed E-state index contributed by atoms with van der Waals surface area (Å²) < 4.78 is 0. The Hall–Kier alpha value is 1.14. The molecule has 0 spiro atoms.